The Morgan fingerprint density at radius 2 is 1.88 bits per heavy atom. The summed E-state index contributed by atoms with van der Waals surface area (Å²) in [5, 5.41) is 0. The van der Waals surface area contributed by atoms with Gasteiger partial charge in [0.2, 0.25) is 5.91 Å². The summed E-state index contributed by atoms with van der Waals surface area (Å²) in [6, 6.07) is 13.6. The van der Waals surface area contributed by atoms with E-state index >= 15 is 0 Å². The molecule has 0 spiro atoms. The number of ether oxygens (including phenoxy) is 2. The summed E-state index contributed by atoms with van der Waals surface area (Å²) in [7, 11) is 1.57. The topological polar surface area (TPSA) is 38.8 Å². The Kier molecular flexibility index (Phi) is 6.61. The Hall–Kier alpha value is -2.56. The molecular weight excluding hydrogens is 309 g/mol. The summed E-state index contributed by atoms with van der Waals surface area (Å²) in [4.78, 5) is 14.0. The zero-order valence-corrected chi connectivity index (χ0v) is 14.0. The van der Waals surface area contributed by atoms with Crippen molar-refractivity contribution in [3.05, 3.63) is 59.9 Å². The number of methoxy groups -OCH3 is 1. The number of halogens is 1. The maximum Gasteiger partial charge on any atom is 0.226 e. The molecule has 0 heterocycles. The zero-order chi connectivity index (χ0) is 17.4. The molecule has 2 aromatic carbocycles. The van der Waals surface area contributed by atoms with Crippen molar-refractivity contribution in [3.8, 4) is 11.5 Å². The van der Waals surface area contributed by atoms with E-state index in [9.17, 15) is 9.18 Å². The number of amides is 1. The third-order valence-corrected chi connectivity index (χ3v) is 3.64. The van der Waals surface area contributed by atoms with Crippen LogP contribution >= 0.6 is 0 Å². The van der Waals surface area contributed by atoms with Gasteiger partial charge in [0.05, 0.1) is 20.1 Å². The lowest BCUT2D eigenvalue weighted by atomic mass is 10.2. The van der Waals surface area contributed by atoms with E-state index in [1.54, 1.807) is 30.2 Å². The Morgan fingerprint density at radius 1 is 1.12 bits per heavy atom. The molecule has 2 aromatic rings. The molecule has 2 rings (SSSR count). The molecule has 1 amide bonds. The minimum Gasteiger partial charge on any atom is -0.493 e. The number of hydrogen-bond acceptors (Lipinski definition) is 3. The monoisotopic (exact) mass is 331 g/mol. The Bertz CT molecular complexity index is 675. The number of rotatable bonds is 8. The van der Waals surface area contributed by atoms with E-state index in [1.165, 1.54) is 12.1 Å². The second-order valence-corrected chi connectivity index (χ2v) is 5.29. The maximum absolute atomic E-state index is 13.2. The van der Waals surface area contributed by atoms with Gasteiger partial charge in [0.1, 0.15) is 5.82 Å². The number of nitrogens with zero attached hydrogens (tertiary/aromatic N) is 1. The van der Waals surface area contributed by atoms with Gasteiger partial charge >= 0.3 is 0 Å². The van der Waals surface area contributed by atoms with Crippen LogP contribution in [0.25, 0.3) is 0 Å². The highest BCUT2D eigenvalue weighted by Gasteiger charge is 2.13. The highest BCUT2D eigenvalue weighted by Crippen LogP contribution is 2.25. The van der Waals surface area contributed by atoms with Crippen LogP contribution in [0.1, 0.15) is 18.9 Å². The third-order valence-electron chi connectivity index (χ3n) is 3.64. The molecule has 0 radical (unpaired) electrons. The van der Waals surface area contributed by atoms with Gasteiger partial charge in [-0.25, -0.2) is 4.39 Å². The van der Waals surface area contributed by atoms with Crippen molar-refractivity contribution >= 4 is 5.91 Å². The predicted octanol–water partition coefficient (Wildman–Crippen LogP) is 3.65. The Labute approximate surface area is 141 Å². The molecule has 24 heavy (non-hydrogen) atoms. The lowest BCUT2D eigenvalue weighted by molar-refractivity contribution is -0.132. The summed E-state index contributed by atoms with van der Waals surface area (Å²) in [6.45, 7) is 3.11. The standard InChI is InChI=1S/C19H22FNO3/c1-3-21(14-15-7-6-8-16(20)13-15)19(22)11-12-24-18-10-5-4-9-17(18)23-2/h4-10,13H,3,11-12,14H2,1-2H3. The van der Waals surface area contributed by atoms with Crippen molar-refractivity contribution in [2.45, 2.75) is 19.9 Å². The van der Waals surface area contributed by atoms with Gasteiger partial charge in [-0.05, 0) is 36.8 Å². The van der Waals surface area contributed by atoms with Crippen molar-refractivity contribution < 1.29 is 18.7 Å². The Balaban J connectivity index is 1.88. The van der Waals surface area contributed by atoms with Gasteiger partial charge in [-0.3, -0.25) is 4.79 Å². The fourth-order valence-corrected chi connectivity index (χ4v) is 2.38. The molecule has 0 saturated carbocycles. The van der Waals surface area contributed by atoms with Gasteiger partial charge in [0, 0.05) is 13.1 Å². The van der Waals surface area contributed by atoms with Crippen LogP contribution in [0.3, 0.4) is 0 Å². The lowest BCUT2D eigenvalue weighted by Gasteiger charge is -2.21. The molecule has 0 aliphatic rings. The van der Waals surface area contributed by atoms with Crippen molar-refractivity contribution in [2.75, 3.05) is 20.3 Å². The van der Waals surface area contributed by atoms with Crippen LogP contribution in [-0.4, -0.2) is 31.1 Å². The molecule has 4 nitrogen and oxygen atoms in total. The van der Waals surface area contributed by atoms with E-state index < -0.39 is 0 Å². The first-order valence-corrected chi connectivity index (χ1v) is 7.92. The average molecular weight is 331 g/mol. The second-order valence-electron chi connectivity index (χ2n) is 5.29. The first kappa shape index (κ1) is 17.8. The molecule has 0 unspecified atom stereocenters. The quantitative estimate of drug-likeness (QED) is 0.741. The highest BCUT2D eigenvalue weighted by molar-refractivity contribution is 5.76. The van der Waals surface area contributed by atoms with Crippen LogP contribution in [0.4, 0.5) is 4.39 Å². The number of carbonyl (C=O) groups is 1. The maximum atomic E-state index is 13.2. The molecule has 0 bridgehead atoms. The van der Waals surface area contributed by atoms with Crippen LogP contribution in [0.5, 0.6) is 11.5 Å². The Morgan fingerprint density at radius 3 is 2.54 bits per heavy atom. The fourth-order valence-electron chi connectivity index (χ4n) is 2.38. The normalized spacial score (nSPS) is 10.3. The number of para-hydroxylation sites is 2. The van der Waals surface area contributed by atoms with Crippen molar-refractivity contribution in [2.24, 2.45) is 0 Å². The van der Waals surface area contributed by atoms with Gasteiger partial charge < -0.3 is 14.4 Å². The molecule has 0 aromatic heterocycles. The first-order chi connectivity index (χ1) is 11.6. The fraction of sp³-hybridized carbons (Fsp3) is 0.316. The van der Waals surface area contributed by atoms with E-state index in [2.05, 4.69) is 0 Å². The molecule has 0 N–H and O–H groups in total. The van der Waals surface area contributed by atoms with E-state index in [0.29, 0.717) is 24.6 Å². The van der Waals surface area contributed by atoms with Crippen LogP contribution in [0.15, 0.2) is 48.5 Å². The number of carbonyl (C=O) groups excluding carboxylic acids is 1. The average Bonchev–Trinajstić information content (AvgIpc) is 2.60. The van der Waals surface area contributed by atoms with E-state index in [1.807, 2.05) is 25.1 Å². The number of hydrogen-bond donors (Lipinski definition) is 0. The summed E-state index contributed by atoms with van der Waals surface area (Å²) in [5.41, 5.74) is 0.774. The first-order valence-electron chi connectivity index (χ1n) is 7.92. The largest absolute Gasteiger partial charge is 0.493 e. The van der Waals surface area contributed by atoms with Gasteiger partial charge in [0.15, 0.2) is 11.5 Å². The van der Waals surface area contributed by atoms with Gasteiger partial charge in [0.25, 0.3) is 0 Å². The second kappa shape index (κ2) is 8.91. The minimum absolute atomic E-state index is 0.0309. The molecule has 0 fully saturated rings. The minimum atomic E-state index is -0.296. The summed E-state index contributed by atoms with van der Waals surface area (Å²) < 4.78 is 24.1. The van der Waals surface area contributed by atoms with Gasteiger partial charge in [-0.15, -0.1) is 0 Å². The molecule has 0 atom stereocenters. The van der Waals surface area contributed by atoms with Gasteiger partial charge in [-0.1, -0.05) is 24.3 Å². The molecular formula is C19H22FNO3. The smallest absolute Gasteiger partial charge is 0.226 e. The van der Waals surface area contributed by atoms with Crippen LogP contribution in [0.2, 0.25) is 0 Å². The molecule has 0 aliphatic heterocycles. The van der Waals surface area contributed by atoms with Crippen LogP contribution in [0, 0.1) is 5.82 Å². The van der Waals surface area contributed by atoms with Gasteiger partial charge in [-0.2, -0.15) is 0 Å². The number of benzene rings is 2. The molecule has 128 valence electrons. The van der Waals surface area contributed by atoms with Crippen molar-refractivity contribution in [1.82, 2.24) is 4.90 Å². The lowest BCUT2D eigenvalue weighted by Crippen LogP contribution is -2.31. The summed E-state index contributed by atoms with van der Waals surface area (Å²) in [6.07, 6.45) is 0.251. The van der Waals surface area contributed by atoms with E-state index in [4.69, 9.17) is 9.47 Å². The van der Waals surface area contributed by atoms with Crippen molar-refractivity contribution in [3.63, 3.8) is 0 Å². The highest BCUT2D eigenvalue weighted by atomic mass is 19.1. The molecule has 0 saturated heterocycles. The van der Waals surface area contributed by atoms with Crippen LogP contribution in [-0.2, 0) is 11.3 Å². The molecule has 0 aliphatic carbocycles. The summed E-state index contributed by atoms with van der Waals surface area (Å²) in [5.74, 6) is 0.921. The van der Waals surface area contributed by atoms with Crippen molar-refractivity contribution in [1.29, 1.82) is 0 Å². The summed E-state index contributed by atoms with van der Waals surface area (Å²) >= 11 is 0. The predicted molar refractivity (Wildman–Crippen MR) is 90.6 cm³/mol. The SMILES string of the molecule is CCN(Cc1cccc(F)c1)C(=O)CCOc1ccccc1OC. The van der Waals surface area contributed by atoms with E-state index in [0.717, 1.165) is 5.56 Å². The third kappa shape index (κ3) is 4.98. The molecule has 5 heteroatoms. The van der Waals surface area contributed by atoms with E-state index in [-0.39, 0.29) is 24.8 Å². The van der Waals surface area contributed by atoms with Crippen LogP contribution < -0.4 is 9.47 Å². The zero-order valence-electron chi connectivity index (χ0n) is 14.0.